The van der Waals surface area contributed by atoms with Gasteiger partial charge in [0.2, 0.25) is 0 Å². The molecule has 0 aliphatic carbocycles. The summed E-state index contributed by atoms with van der Waals surface area (Å²) < 4.78 is 10.9. The topological polar surface area (TPSA) is 18.5 Å². The quantitative estimate of drug-likeness (QED) is 0.689. The number of rotatable bonds is 7. The normalized spacial score (nSPS) is 17.4. The van der Waals surface area contributed by atoms with Crippen LogP contribution in [0.5, 0.6) is 0 Å². The third-order valence-electron chi connectivity index (χ3n) is 3.44. The molecular formula is C16H24O2. The minimum absolute atomic E-state index is 0.288. The summed E-state index contributed by atoms with van der Waals surface area (Å²) in [4.78, 5) is 0. The van der Waals surface area contributed by atoms with Crippen LogP contribution in [0.4, 0.5) is 0 Å². The van der Waals surface area contributed by atoms with Crippen molar-refractivity contribution < 1.29 is 9.47 Å². The molecule has 18 heavy (non-hydrogen) atoms. The highest BCUT2D eigenvalue weighted by Crippen LogP contribution is 2.26. The summed E-state index contributed by atoms with van der Waals surface area (Å²) in [5.74, 6) is 0. The second kappa shape index (κ2) is 6.35. The second-order valence-corrected chi connectivity index (χ2v) is 5.80. The van der Waals surface area contributed by atoms with Gasteiger partial charge in [0.05, 0.1) is 19.8 Å². The van der Waals surface area contributed by atoms with Crippen LogP contribution in [-0.2, 0) is 15.9 Å². The predicted molar refractivity (Wildman–Crippen MR) is 73.9 cm³/mol. The Morgan fingerprint density at radius 3 is 2.78 bits per heavy atom. The third kappa shape index (κ3) is 4.11. The van der Waals surface area contributed by atoms with Gasteiger partial charge in [-0.05, 0) is 31.7 Å². The Balaban J connectivity index is 1.53. The number of hydrogen-bond acceptors (Lipinski definition) is 2. The van der Waals surface area contributed by atoms with Crippen molar-refractivity contribution >= 4 is 0 Å². The largest absolute Gasteiger partial charge is 0.381 e. The second-order valence-electron chi connectivity index (χ2n) is 5.80. The molecule has 0 bridgehead atoms. The van der Waals surface area contributed by atoms with Gasteiger partial charge < -0.3 is 9.47 Å². The molecule has 1 fully saturated rings. The molecule has 1 aliphatic rings. The van der Waals surface area contributed by atoms with E-state index in [0.717, 1.165) is 39.3 Å². The molecule has 0 spiro atoms. The maximum absolute atomic E-state index is 5.72. The molecular weight excluding hydrogens is 224 g/mol. The molecule has 0 atom stereocenters. The van der Waals surface area contributed by atoms with Gasteiger partial charge in [-0.2, -0.15) is 0 Å². The van der Waals surface area contributed by atoms with E-state index in [1.165, 1.54) is 17.5 Å². The Bertz CT molecular complexity index is 369. The van der Waals surface area contributed by atoms with Crippen LogP contribution in [0.25, 0.3) is 0 Å². The van der Waals surface area contributed by atoms with Gasteiger partial charge in [-0.15, -0.1) is 0 Å². The zero-order chi connectivity index (χ0) is 12.8. The molecule has 0 aromatic heterocycles. The highest BCUT2D eigenvalue weighted by molar-refractivity contribution is 5.22. The minimum atomic E-state index is 0.288. The highest BCUT2D eigenvalue weighted by Gasteiger charge is 2.33. The van der Waals surface area contributed by atoms with Crippen molar-refractivity contribution in [3.05, 3.63) is 35.4 Å². The number of benzene rings is 1. The Kier molecular flexibility index (Phi) is 4.79. The van der Waals surface area contributed by atoms with Crippen LogP contribution in [0.1, 0.15) is 30.9 Å². The molecule has 0 unspecified atom stereocenters. The van der Waals surface area contributed by atoms with Crippen LogP contribution in [0.15, 0.2) is 24.3 Å². The van der Waals surface area contributed by atoms with E-state index >= 15 is 0 Å². The molecule has 1 heterocycles. The fourth-order valence-electron chi connectivity index (χ4n) is 2.25. The first-order valence-corrected chi connectivity index (χ1v) is 6.89. The molecule has 2 rings (SSSR count). The van der Waals surface area contributed by atoms with Gasteiger partial charge in [0, 0.05) is 12.0 Å². The van der Waals surface area contributed by atoms with Crippen molar-refractivity contribution in [1.29, 1.82) is 0 Å². The Morgan fingerprint density at radius 1 is 1.28 bits per heavy atom. The maximum Gasteiger partial charge on any atom is 0.0564 e. The molecule has 0 radical (unpaired) electrons. The number of aryl methyl sites for hydroxylation is 2. The Labute approximate surface area is 110 Å². The van der Waals surface area contributed by atoms with Crippen LogP contribution < -0.4 is 0 Å². The van der Waals surface area contributed by atoms with Crippen LogP contribution in [0.2, 0.25) is 0 Å². The number of ether oxygens (including phenoxy) is 2. The molecule has 1 aliphatic heterocycles. The fraction of sp³-hybridized carbons (Fsp3) is 0.625. The smallest absolute Gasteiger partial charge is 0.0564 e. The molecule has 2 nitrogen and oxygen atoms in total. The predicted octanol–water partition coefficient (Wildman–Crippen LogP) is 3.37. The molecule has 1 saturated heterocycles. The lowest BCUT2D eigenvalue weighted by Gasteiger charge is -2.37. The van der Waals surface area contributed by atoms with Crippen LogP contribution in [-0.4, -0.2) is 26.4 Å². The van der Waals surface area contributed by atoms with Gasteiger partial charge in [-0.1, -0.05) is 36.8 Å². The van der Waals surface area contributed by atoms with Gasteiger partial charge >= 0.3 is 0 Å². The van der Waals surface area contributed by atoms with Crippen LogP contribution >= 0.6 is 0 Å². The Hall–Kier alpha value is -0.860. The molecule has 1 aromatic rings. The number of hydrogen-bond donors (Lipinski definition) is 0. The lowest BCUT2D eigenvalue weighted by Crippen LogP contribution is -2.43. The van der Waals surface area contributed by atoms with Gasteiger partial charge in [0.1, 0.15) is 0 Å². The van der Waals surface area contributed by atoms with E-state index in [1.807, 2.05) is 0 Å². The highest BCUT2D eigenvalue weighted by atomic mass is 16.5. The average molecular weight is 248 g/mol. The van der Waals surface area contributed by atoms with E-state index in [-0.39, 0.29) is 5.41 Å². The van der Waals surface area contributed by atoms with Crippen molar-refractivity contribution in [2.45, 2.75) is 33.1 Å². The molecule has 0 N–H and O–H groups in total. The molecule has 2 heteroatoms. The van der Waals surface area contributed by atoms with E-state index in [0.29, 0.717) is 0 Å². The SMILES string of the molecule is Cc1cccc(CCCCOCC2(C)COC2)c1. The van der Waals surface area contributed by atoms with Gasteiger partial charge in [0.15, 0.2) is 0 Å². The first-order chi connectivity index (χ1) is 8.68. The summed E-state index contributed by atoms with van der Waals surface area (Å²) in [5, 5.41) is 0. The van der Waals surface area contributed by atoms with Crippen molar-refractivity contribution in [2.75, 3.05) is 26.4 Å². The number of unbranched alkanes of at least 4 members (excludes halogenated alkanes) is 1. The average Bonchev–Trinajstić information content (AvgIpc) is 2.31. The molecule has 1 aromatic carbocycles. The summed E-state index contributed by atoms with van der Waals surface area (Å²) >= 11 is 0. The van der Waals surface area contributed by atoms with E-state index < -0.39 is 0 Å². The fourth-order valence-corrected chi connectivity index (χ4v) is 2.25. The van der Waals surface area contributed by atoms with Crippen LogP contribution in [0.3, 0.4) is 0 Å². The zero-order valence-electron chi connectivity index (χ0n) is 11.6. The first-order valence-electron chi connectivity index (χ1n) is 6.89. The van der Waals surface area contributed by atoms with Gasteiger partial charge in [-0.25, -0.2) is 0 Å². The van der Waals surface area contributed by atoms with Crippen molar-refractivity contribution in [3.63, 3.8) is 0 Å². The maximum atomic E-state index is 5.72. The Morgan fingerprint density at radius 2 is 2.11 bits per heavy atom. The van der Waals surface area contributed by atoms with E-state index in [1.54, 1.807) is 0 Å². The van der Waals surface area contributed by atoms with Crippen molar-refractivity contribution in [2.24, 2.45) is 5.41 Å². The third-order valence-corrected chi connectivity index (χ3v) is 3.44. The van der Waals surface area contributed by atoms with Crippen molar-refractivity contribution in [3.8, 4) is 0 Å². The summed E-state index contributed by atoms with van der Waals surface area (Å²) in [6.07, 6.45) is 3.51. The van der Waals surface area contributed by atoms with Crippen LogP contribution in [0, 0.1) is 12.3 Å². The standard InChI is InChI=1S/C16H24O2/c1-14-6-5-8-15(10-14)7-3-4-9-17-11-16(2)12-18-13-16/h5-6,8,10H,3-4,7,9,11-13H2,1-2H3. The van der Waals surface area contributed by atoms with E-state index in [4.69, 9.17) is 9.47 Å². The summed E-state index contributed by atoms with van der Waals surface area (Å²) in [5.41, 5.74) is 3.08. The lowest BCUT2D eigenvalue weighted by molar-refractivity contribution is -0.137. The molecule has 0 saturated carbocycles. The first kappa shape index (κ1) is 13.6. The minimum Gasteiger partial charge on any atom is -0.381 e. The molecule has 100 valence electrons. The van der Waals surface area contributed by atoms with Gasteiger partial charge in [-0.3, -0.25) is 0 Å². The summed E-state index contributed by atoms with van der Waals surface area (Å²) in [6, 6.07) is 8.76. The lowest BCUT2D eigenvalue weighted by atomic mass is 9.90. The van der Waals surface area contributed by atoms with E-state index in [9.17, 15) is 0 Å². The van der Waals surface area contributed by atoms with Gasteiger partial charge in [0.25, 0.3) is 0 Å². The summed E-state index contributed by atoms with van der Waals surface area (Å²) in [7, 11) is 0. The zero-order valence-corrected chi connectivity index (χ0v) is 11.6. The summed E-state index contributed by atoms with van der Waals surface area (Å²) in [6.45, 7) is 7.81. The van der Waals surface area contributed by atoms with Crippen molar-refractivity contribution in [1.82, 2.24) is 0 Å². The van der Waals surface area contributed by atoms with E-state index in [2.05, 4.69) is 38.1 Å². The monoisotopic (exact) mass is 248 g/mol. The molecule has 0 amide bonds.